The van der Waals surface area contributed by atoms with Gasteiger partial charge in [0.15, 0.2) is 5.78 Å². The van der Waals surface area contributed by atoms with Crippen molar-refractivity contribution in [3.05, 3.63) is 34.3 Å². The molecule has 1 aromatic rings. The predicted octanol–water partition coefficient (Wildman–Crippen LogP) is 2.96. The van der Waals surface area contributed by atoms with Gasteiger partial charge in [0.2, 0.25) is 0 Å². The summed E-state index contributed by atoms with van der Waals surface area (Å²) in [6, 6.07) is 5.40. The van der Waals surface area contributed by atoms with Crippen molar-refractivity contribution in [1.29, 1.82) is 0 Å². The molecule has 0 radical (unpaired) electrons. The van der Waals surface area contributed by atoms with E-state index in [1.54, 1.807) is 17.8 Å². The molecule has 1 heterocycles. The number of carbonyl (C=O) groups excluding carboxylic acids is 1. The van der Waals surface area contributed by atoms with Crippen molar-refractivity contribution >= 4 is 29.1 Å². The number of halogens is 1. The molecule has 1 aliphatic rings. The Morgan fingerprint density at radius 2 is 2.38 bits per heavy atom. The largest absolute Gasteiger partial charge is 0.368 e. The van der Waals surface area contributed by atoms with Crippen LogP contribution in [0.2, 0.25) is 5.02 Å². The highest BCUT2D eigenvalue weighted by atomic mass is 35.5. The molecule has 0 spiro atoms. The van der Waals surface area contributed by atoms with E-state index >= 15 is 0 Å². The van der Waals surface area contributed by atoms with Gasteiger partial charge in [-0.2, -0.15) is 11.8 Å². The van der Waals surface area contributed by atoms with Crippen LogP contribution in [0.3, 0.4) is 0 Å². The minimum absolute atomic E-state index is 0.0362. The van der Waals surface area contributed by atoms with Gasteiger partial charge in [-0.25, -0.2) is 0 Å². The van der Waals surface area contributed by atoms with E-state index in [0.717, 1.165) is 17.1 Å². The molecule has 1 atom stereocenters. The number of ether oxygens (including phenoxy) is 1. The van der Waals surface area contributed by atoms with Gasteiger partial charge < -0.3 is 4.74 Å². The Morgan fingerprint density at radius 1 is 1.56 bits per heavy atom. The van der Waals surface area contributed by atoms with Gasteiger partial charge in [-0.15, -0.1) is 0 Å². The van der Waals surface area contributed by atoms with Crippen molar-refractivity contribution < 1.29 is 9.53 Å². The van der Waals surface area contributed by atoms with E-state index in [9.17, 15) is 4.79 Å². The Kier molecular flexibility index (Phi) is 3.90. The Bertz CT molecular complexity index is 400. The lowest BCUT2D eigenvalue weighted by Crippen LogP contribution is -2.31. The quantitative estimate of drug-likeness (QED) is 0.761. The Labute approximate surface area is 104 Å². The predicted molar refractivity (Wildman–Crippen MR) is 67.6 cm³/mol. The molecule has 0 aromatic heterocycles. The lowest BCUT2D eigenvalue weighted by atomic mass is 10.1. The molecule has 0 N–H and O–H groups in total. The fourth-order valence-electron chi connectivity index (χ4n) is 1.57. The number of hydrogen-bond donors (Lipinski definition) is 0. The van der Waals surface area contributed by atoms with E-state index < -0.39 is 0 Å². The summed E-state index contributed by atoms with van der Waals surface area (Å²) in [4.78, 5) is 12.1. The van der Waals surface area contributed by atoms with Gasteiger partial charge in [0, 0.05) is 22.1 Å². The van der Waals surface area contributed by atoms with Gasteiger partial charge in [0.1, 0.15) is 6.10 Å². The summed E-state index contributed by atoms with van der Waals surface area (Å²) in [6.45, 7) is 2.57. The van der Waals surface area contributed by atoms with Crippen LogP contribution in [-0.2, 0) is 4.74 Å². The Morgan fingerprint density at radius 3 is 3.00 bits per heavy atom. The number of rotatable bonds is 2. The van der Waals surface area contributed by atoms with Gasteiger partial charge in [0.05, 0.1) is 6.61 Å². The molecular formula is C12H13ClO2S. The third-order valence-corrected chi connectivity index (χ3v) is 3.97. The highest BCUT2D eigenvalue weighted by Gasteiger charge is 2.23. The van der Waals surface area contributed by atoms with Crippen LogP contribution in [0.4, 0.5) is 0 Å². The first-order valence-corrected chi connectivity index (χ1v) is 6.71. The number of benzene rings is 1. The van der Waals surface area contributed by atoms with E-state index in [-0.39, 0.29) is 11.9 Å². The minimum atomic E-state index is -0.308. The fourth-order valence-corrected chi connectivity index (χ4v) is 2.59. The first-order chi connectivity index (χ1) is 7.68. The molecule has 0 saturated carbocycles. The zero-order valence-electron chi connectivity index (χ0n) is 9.03. The number of ketones is 1. The van der Waals surface area contributed by atoms with Crippen LogP contribution in [-0.4, -0.2) is 30.0 Å². The van der Waals surface area contributed by atoms with Crippen LogP contribution >= 0.6 is 23.4 Å². The molecule has 4 heteroatoms. The molecule has 86 valence electrons. The van der Waals surface area contributed by atoms with Gasteiger partial charge in [0.25, 0.3) is 0 Å². The monoisotopic (exact) mass is 256 g/mol. The topological polar surface area (TPSA) is 26.3 Å². The van der Waals surface area contributed by atoms with Crippen LogP contribution in [0.15, 0.2) is 18.2 Å². The molecular weight excluding hydrogens is 244 g/mol. The minimum Gasteiger partial charge on any atom is -0.368 e. The second kappa shape index (κ2) is 5.21. The maximum absolute atomic E-state index is 12.1. The van der Waals surface area contributed by atoms with Crippen molar-refractivity contribution in [3.8, 4) is 0 Å². The molecule has 1 aliphatic heterocycles. The Hall–Kier alpha value is -0.510. The SMILES string of the molecule is Cc1ccc(C(=O)C2CSCCO2)cc1Cl. The van der Waals surface area contributed by atoms with Crippen LogP contribution in [0, 0.1) is 6.92 Å². The van der Waals surface area contributed by atoms with Crippen molar-refractivity contribution in [2.24, 2.45) is 0 Å². The molecule has 2 rings (SSSR count). The second-order valence-corrected chi connectivity index (χ2v) is 5.32. The maximum Gasteiger partial charge on any atom is 0.192 e. The van der Waals surface area contributed by atoms with Gasteiger partial charge in [-0.1, -0.05) is 23.7 Å². The van der Waals surface area contributed by atoms with E-state index in [1.807, 2.05) is 19.1 Å². The average Bonchev–Trinajstić information content (AvgIpc) is 2.33. The van der Waals surface area contributed by atoms with Crippen molar-refractivity contribution in [3.63, 3.8) is 0 Å². The molecule has 0 amide bonds. The summed E-state index contributed by atoms with van der Waals surface area (Å²) < 4.78 is 5.45. The van der Waals surface area contributed by atoms with Crippen molar-refractivity contribution in [2.45, 2.75) is 13.0 Å². The smallest absolute Gasteiger partial charge is 0.192 e. The van der Waals surface area contributed by atoms with Crippen LogP contribution in [0.25, 0.3) is 0 Å². The first-order valence-electron chi connectivity index (χ1n) is 5.18. The molecule has 16 heavy (non-hydrogen) atoms. The molecule has 1 fully saturated rings. The van der Waals surface area contributed by atoms with Gasteiger partial charge in [-0.3, -0.25) is 4.79 Å². The zero-order chi connectivity index (χ0) is 11.5. The number of hydrogen-bond acceptors (Lipinski definition) is 3. The van der Waals surface area contributed by atoms with Gasteiger partial charge >= 0.3 is 0 Å². The fraction of sp³-hybridized carbons (Fsp3) is 0.417. The standard InChI is InChI=1S/C12H13ClO2S/c1-8-2-3-9(6-10(8)13)12(14)11-7-16-5-4-15-11/h2-3,6,11H,4-5,7H2,1H3. The summed E-state index contributed by atoms with van der Waals surface area (Å²) >= 11 is 7.75. The number of aryl methyl sites for hydroxylation is 1. The molecule has 1 unspecified atom stereocenters. The normalized spacial score (nSPS) is 20.8. The van der Waals surface area contributed by atoms with Crippen LogP contribution in [0.1, 0.15) is 15.9 Å². The number of Topliss-reactive ketones (excluding diaryl/α,β-unsaturated/α-hetero) is 1. The highest BCUT2D eigenvalue weighted by Crippen LogP contribution is 2.21. The average molecular weight is 257 g/mol. The molecule has 0 bridgehead atoms. The van der Waals surface area contributed by atoms with E-state index in [2.05, 4.69) is 0 Å². The number of carbonyl (C=O) groups is 1. The molecule has 1 aromatic carbocycles. The van der Waals surface area contributed by atoms with Crippen LogP contribution < -0.4 is 0 Å². The van der Waals surface area contributed by atoms with Gasteiger partial charge in [-0.05, 0) is 18.6 Å². The van der Waals surface area contributed by atoms with Crippen LogP contribution in [0.5, 0.6) is 0 Å². The zero-order valence-corrected chi connectivity index (χ0v) is 10.6. The highest BCUT2D eigenvalue weighted by molar-refractivity contribution is 7.99. The summed E-state index contributed by atoms with van der Waals surface area (Å²) in [5.41, 5.74) is 1.63. The maximum atomic E-state index is 12.1. The number of thioether (sulfide) groups is 1. The van der Waals surface area contributed by atoms with E-state index in [1.165, 1.54) is 0 Å². The summed E-state index contributed by atoms with van der Waals surface area (Å²) in [5, 5.41) is 0.634. The van der Waals surface area contributed by atoms with E-state index in [4.69, 9.17) is 16.3 Å². The summed E-state index contributed by atoms with van der Waals surface area (Å²) in [6.07, 6.45) is -0.308. The Balaban J connectivity index is 2.16. The molecule has 2 nitrogen and oxygen atoms in total. The summed E-state index contributed by atoms with van der Waals surface area (Å²) in [7, 11) is 0. The molecule has 0 aliphatic carbocycles. The first kappa shape index (κ1) is 12.0. The van der Waals surface area contributed by atoms with Crippen molar-refractivity contribution in [2.75, 3.05) is 18.1 Å². The van der Waals surface area contributed by atoms with Crippen molar-refractivity contribution in [1.82, 2.24) is 0 Å². The lowest BCUT2D eigenvalue weighted by Gasteiger charge is -2.21. The summed E-state index contributed by atoms with van der Waals surface area (Å²) in [5.74, 6) is 1.75. The third-order valence-electron chi connectivity index (χ3n) is 2.56. The lowest BCUT2D eigenvalue weighted by molar-refractivity contribution is 0.0519. The van der Waals surface area contributed by atoms with E-state index in [0.29, 0.717) is 17.2 Å². The third kappa shape index (κ3) is 2.59. The second-order valence-electron chi connectivity index (χ2n) is 3.76. The molecule has 1 saturated heterocycles.